The Bertz CT molecular complexity index is 436. The third kappa shape index (κ3) is 3.87. The van der Waals surface area contributed by atoms with Crippen LogP contribution in [-0.4, -0.2) is 23.4 Å². The lowest BCUT2D eigenvalue weighted by Crippen LogP contribution is -2.43. The van der Waals surface area contributed by atoms with Crippen LogP contribution in [0.3, 0.4) is 0 Å². The van der Waals surface area contributed by atoms with E-state index in [1.807, 2.05) is 36.1 Å². The largest absolute Gasteiger partial charge is 0.334 e. The molecule has 5 heteroatoms. The molecule has 2 rings (SSSR count). The number of carbonyl (C=O) groups excluding carboxylic acids is 1. The molecule has 20 heavy (non-hydrogen) atoms. The zero-order chi connectivity index (χ0) is 13.8. The Hall–Kier alpha value is -0.770. The van der Waals surface area contributed by atoms with Crippen molar-refractivity contribution < 1.29 is 4.79 Å². The number of carbonyl (C=O) groups is 1. The minimum absolute atomic E-state index is 0. The Morgan fingerprint density at radius 3 is 2.70 bits per heavy atom. The predicted molar refractivity (Wildman–Crippen MR) is 85.3 cm³/mol. The Morgan fingerprint density at radius 1 is 1.45 bits per heavy atom. The highest BCUT2D eigenvalue weighted by Gasteiger charge is 2.32. The standard InChI is InChI=1S/C15H21ClN2O.ClH/c1-2-4-13(17)15(19)18-10-3-5-14(18)11-6-8-12(16)9-7-11;/h6-9,13-14H,2-5,10,17H2,1H3;1H. The fourth-order valence-corrected chi connectivity index (χ4v) is 2.84. The summed E-state index contributed by atoms with van der Waals surface area (Å²) < 4.78 is 0. The summed E-state index contributed by atoms with van der Waals surface area (Å²) in [5, 5.41) is 0.724. The van der Waals surface area contributed by atoms with E-state index in [4.69, 9.17) is 17.3 Å². The predicted octanol–water partition coefficient (Wildman–Crippen LogP) is 3.55. The Balaban J connectivity index is 0.00000200. The molecule has 1 fully saturated rings. The van der Waals surface area contributed by atoms with Crippen LogP contribution in [0.2, 0.25) is 5.02 Å². The van der Waals surface area contributed by atoms with Crippen LogP contribution in [0.1, 0.15) is 44.2 Å². The van der Waals surface area contributed by atoms with E-state index < -0.39 is 0 Å². The average Bonchev–Trinajstić information content (AvgIpc) is 2.88. The lowest BCUT2D eigenvalue weighted by molar-refractivity contribution is -0.133. The molecule has 0 bridgehead atoms. The molecule has 0 aliphatic carbocycles. The van der Waals surface area contributed by atoms with E-state index in [1.54, 1.807) is 0 Å². The van der Waals surface area contributed by atoms with Crippen molar-refractivity contribution in [3.8, 4) is 0 Å². The number of likely N-dealkylation sites (tertiary alicyclic amines) is 1. The molecule has 1 aliphatic heterocycles. The summed E-state index contributed by atoms with van der Waals surface area (Å²) in [5.41, 5.74) is 7.11. The van der Waals surface area contributed by atoms with Gasteiger partial charge in [0.15, 0.2) is 0 Å². The number of halogens is 2. The summed E-state index contributed by atoms with van der Waals surface area (Å²) >= 11 is 5.91. The van der Waals surface area contributed by atoms with Crippen molar-refractivity contribution in [3.05, 3.63) is 34.9 Å². The second-order valence-corrected chi connectivity index (χ2v) is 5.57. The van der Waals surface area contributed by atoms with Crippen LogP contribution >= 0.6 is 24.0 Å². The molecule has 1 aromatic carbocycles. The van der Waals surface area contributed by atoms with Crippen LogP contribution < -0.4 is 5.73 Å². The average molecular weight is 317 g/mol. The number of amides is 1. The first-order valence-corrected chi connectivity index (χ1v) is 7.32. The van der Waals surface area contributed by atoms with E-state index in [0.29, 0.717) is 0 Å². The van der Waals surface area contributed by atoms with Gasteiger partial charge in [-0.1, -0.05) is 37.1 Å². The van der Waals surface area contributed by atoms with Crippen LogP contribution in [0.5, 0.6) is 0 Å². The van der Waals surface area contributed by atoms with Crippen molar-refractivity contribution in [3.63, 3.8) is 0 Å². The summed E-state index contributed by atoms with van der Waals surface area (Å²) in [6.07, 6.45) is 3.74. The molecule has 1 aliphatic rings. The van der Waals surface area contributed by atoms with Gasteiger partial charge in [0, 0.05) is 11.6 Å². The van der Waals surface area contributed by atoms with Gasteiger partial charge in [0.1, 0.15) is 0 Å². The minimum atomic E-state index is -0.363. The molecule has 2 atom stereocenters. The lowest BCUT2D eigenvalue weighted by atomic mass is 10.0. The number of nitrogens with zero attached hydrogens (tertiary/aromatic N) is 1. The van der Waals surface area contributed by atoms with E-state index >= 15 is 0 Å². The molecular formula is C15H22Cl2N2O. The van der Waals surface area contributed by atoms with Crippen molar-refractivity contribution in [1.29, 1.82) is 0 Å². The number of hydrogen-bond donors (Lipinski definition) is 1. The maximum atomic E-state index is 12.4. The van der Waals surface area contributed by atoms with E-state index in [-0.39, 0.29) is 30.4 Å². The summed E-state index contributed by atoms with van der Waals surface area (Å²) in [6, 6.07) is 7.56. The van der Waals surface area contributed by atoms with Crippen LogP contribution in [0.25, 0.3) is 0 Å². The van der Waals surface area contributed by atoms with Gasteiger partial charge in [0.05, 0.1) is 12.1 Å². The van der Waals surface area contributed by atoms with Crippen LogP contribution in [0, 0.1) is 0 Å². The molecule has 3 nitrogen and oxygen atoms in total. The van der Waals surface area contributed by atoms with Crippen LogP contribution in [0.15, 0.2) is 24.3 Å². The van der Waals surface area contributed by atoms with Gasteiger partial charge >= 0.3 is 0 Å². The Morgan fingerprint density at radius 2 is 2.10 bits per heavy atom. The number of hydrogen-bond acceptors (Lipinski definition) is 2. The molecule has 0 spiro atoms. The van der Waals surface area contributed by atoms with Gasteiger partial charge in [-0.15, -0.1) is 12.4 Å². The summed E-state index contributed by atoms with van der Waals surface area (Å²) in [7, 11) is 0. The Labute approximate surface area is 131 Å². The normalized spacial score (nSPS) is 19.6. The van der Waals surface area contributed by atoms with Gasteiger partial charge in [-0.05, 0) is 37.0 Å². The molecule has 1 saturated heterocycles. The maximum absolute atomic E-state index is 12.4. The quantitative estimate of drug-likeness (QED) is 0.923. The number of rotatable bonds is 4. The molecule has 0 saturated carbocycles. The fourth-order valence-electron chi connectivity index (χ4n) is 2.71. The van der Waals surface area contributed by atoms with E-state index in [2.05, 4.69) is 0 Å². The first-order chi connectivity index (χ1) is 9.13. The SMILES string of the molecule is CCCC(N)C(=O)N1CCCC1c1ccc(Cl)cc1.Cl. The first kappa shape index (κ1) is 17.3. The monoisotopic (exact) mass is 316 g/mol. The zero-order valence-electron chi connectivity index (χ0n) is 11.7. The molecule has 1 heterocycles. The number of nitrogens with two attached hydrogens (primary N) is 1. The fraction of sp³-hybridized carbons (Fsp3) is 0.533. The first-order valence-electron chi connectivity index (χ1n) is 6.95. The topological polar surface area (TPSA) is 46.3 Å². The molecular weight excluding hydrogens is 295 g/mol. The van der Waals surface area contributed by atoms with E-state index in [1.165, 1.54) is 0 Å². The zero-order valence-corrected chi connectivity index (χ0v) is 13.3. The maximum Gasteiger partial charge on any atom is 0.239 e. The van der Waals surface area contributed by atoms with Crippen LogP contribution in [-0.2, 0) is 4.79 Å². The highest BCUT2D eigenvalue weighted by atomic mass is 35.5. The molecule has 1 amide bonds. The van der Waals surface area contributed by atoms with Gasteiger partial charge in [-0.2, -0.15) is 0 Å². The molecule has 2 unspecified atom stereocenters. The lowest BCUT2D eigenvalue weighted by Gasteiger charge is -2.27. The van der Waals surface area contributed by atoms with Crippen molar-refractivity contribution in [2.24, 2.45) is 5.73 Å². The number of benzene rings is 1. The molecule has 0 aromatic heterocycles. The second kappa shape index (κ2) is 7.87. The second-order valence-electron chi connectivity index (χ2n) is 5.14. The van der Waals surface area contributed by atoms with Crippen LogP contribution in [0.4, 0.5) is 0 Å². The minimum Gasteiger partial charge on any atom is -0.334 e. The summed E-state index contributed by atoms with van der Waals surface area (Å²) in [6.45, 7) is 2.86. The van der Waals surface area contributed by atoms with Gasteiger partial charge in [-0.3, -0.25) is 4.79 Å². The highest BCUT2D eigenvalue weighted by Crippen LogP contribution is 2.33. The molecule has 112 valence electrons. The van der Waals surface area contributed by atoms with Crippen molar-refractivity contribution in [2.75, 3.05) is 6.54 Å². The third-order valence-electron chi connectivity index (χ3n) is 3.71. The molecule has 2 N–H and O–H groups in total. The van der Waals surface area contributed by atoms with Crippen molar-refractivity contribution in [1.82, 2.24) is 4.90 Å². The van der Waals surface area contributed by atoms with Crippen molar-refractivity contribution >= 4 is 29.9 Å². The van der Waals surface area contributed by atoms with Gasteiger partial charge < -0.3 is 10.6 Å². The smallest absolute Gasteiger partial charge is 0.239 e. The van der Waals surface area contributed by atoms with Gasteiger partial charge in [0.25, 0.3) is 0 Å². The third-order valence-corrected chi connectivity index (χ3v) is 3.96. The summed E-state index contributed by atoms with van der Waals surface area (Å²) in [4.78, 5) is 14.3. The molecule has 0 radical (unpaired) electrons. The van der Waals surface area contributed by atoms with Gasteiger partial charge in [-0.25, -0.2) is 0 Å². The van der Waals surface area contributed by atoms with Crippen molar-refractivity contribution in [2.45, 2.75) is 44.7 Å². The van der Waals surface area contributed by atoms with E-state index in [9.17, 15) is 4.79 Å². The highest BCUT2D eigenvalue weighted by molar-refractivity contribution is 6.30. The van der Waals surface area contributed by atoms with Gasteiger partial charge in [0.2, 0.25) is 5.91 Å². The molecule has 1 aromatic rings. The van der Waals surface area contributed by atoms with E-state index in [0.717, 1.165) is 42.8 Å². The summed E-state index contributed by atoms with van der Waals surface area (Å²) in [5.74, 6) is 0.0827. The Kier molecular flexibility index (Phi) is 6.80.